The summed E-state index contributed by atoms with van der Waals surface area (Å²) in [6, 6.07) is 7.19. The zero-order valence-corrected chi connectivity index (χ0v) is 10.8. The molecular weight excluding hydrogens is 269 g/mol. The maximum absolute atomic E-state index is 13.6. The minimum absolute atomic E-state index is 0.0460. The van der Waals surface area contributed by atoms with Crippen LogP contribution in [0.2, 0.25) is 5.02 Å². The Morgan fingerprint density at radius 1 is 1.37 bits per heavy atom. The Bertz CT molecular complexity index is 626. The topological polar surface area (TPSA) is 68.0 Å². The molecule has 0 aliphatic heterocycles. The van der Waals surface area contributed by atoms with Gasteiger partial charge in [-0.1, -0.05) is 17.7 Å². The smallest absolute Gasteiger partial charge is 0.261 e. The van der Waals surface area contributed by atoms with Gasteiger partial charge in [-0.15, -0.1) is 0 Å². The average molecular weight is 280 g/mol. The molecular formula is C13H11ClFN3O. The highest BCUT2D eigenvalue weighted by Gasteiger charge is 2.16. The van der Waals surface area contributed by atoms with E-state index in [9.17, 15) is 9.18 Å². The van der Waals surface area contributed by atoms with E-state index in [4.69, 9.17) is 17.3 Å². The lowest BCUT2D eigenvalue weighted by Gasteiger charge is -2.08. The minimum Gasteiger partial charge on any atom is -0.397 e. The van der Waals surface area contributed by atoms with Crippen molar-refractivity contribution in [1.29, 1.82) is 0 Å². The fourth-order valence-corrected chi connectivity index (χ4v) is 1.78. The number of carbonyl (C=O) groups is 1. The summed E-state index contributed by atoms with van der Waals surface area (Å²) in [5.41, 5.74) is 6.51. The molecule has 0 bridgehead atoms. The lowest BCUT2D eigenvalue weighted by Crippen LogP contribution is -2.15. The molecule has 6 heteroatoms. The van der Waals surface area contributed by atoms with Crippen LogP contribution in [0.4, 0.5) is 15.9 Å². The van der Waals surface area contributed by atoms with Gasteiger partial charge in [0.2, 0.25) is 0 Å². The molecule has 2 rings (SSSR count). The van der Waals surface area contributed by atoms with Gasteiger partial charge in [0.25, 0.3) is 5.91 Å². The zero-order valence-electron chi connectivity index (χ0n) is 10.1. The average Bonchev–Trinajstić information content (AvgIpc) is 2.33. The Hall–Kier alpha value is -2.14. The van der Waals surface area contributed by atoms with Crippen LogP contribution < -0.4 is 11.1 Å². The number of hydrogen-bond acceptors (Lipinski definition) is 3. The van der Waals surface area contributed by atoms with Gasteiger partial charge in [0, 0.05) is 0 Å². The van der Waals surface area contributed by atoms with Crippen molar-refractivity contribution in [3.63, 3.8) is 0 Å². The minimum atomic E-state index is -0.683. The second-order valence-corrected chi connectivity index (χ2v) is 4.33. The number of nitrogen functional groups attached to an aromatic ring is 1. The number of anilines is 2. The van der Waals surface area contributed by atoms with Crippen molar-refractivity contribution in [2.75, 3.05) is 11.1 Å². The number of aromatic nitrogens is 1. The molecule has 98 valence electrons. The van der Waals surface area contributed by atoms with E-state index in [-0.39, 0.29) is 16.4 Å². The van der Waals surface area contributed by atoms with Gasteiger partial charge >= 0.3 is 0 Å². The first kappa shape index (κ1) is 13.3. The van der Waals surface area contributed by atoms with E-state index in [0.29, 0.717) is 11.4 Å². The lowest BCUT2D eigenvalue weighted by atomic mass is 10.2. The van der Waals surface area contributed by atoms with Crippen molar-refractivity contribution >= 4 is 29.0 Å². The molecule has 0 aliphatic carbocycles. The molecule has 1 aromatic carbocycles. The second kappa shape index (κ2) is 5.24. The van der Waals surface area contributed by atoms with Gasteiger partial charge in [0.1, 0.15) is 11.6 Å². The van der Waals surface area contributed by atoms with Crippen LogP contribution in [0.25, 0.3) is 0 Å². The van der Waals surface area contributed by atoms with Crippen LogP contribution in [-0.4, -0.2) is 10.9 Å². The summed E-state index contributed by atoms with van der Waals surface area (Å²) in [7, 11) is 0. The van der Waals surface area contributed by atoms with Crippen molar-refractivity contribution in [1.82, 2.24) is 4.98 Å². The molecule has 19 heavy (non-hydrogen) atoms. The monoisotopic (exact) mass is 279 g/mol. The van der Waals surface area contributed by atoms with E-state index in [2.05, 4.69) is 10.3 Å². The lowest BCUT2D eigenvalue weighted by molar-refractivity contribution is 0.102. The number of carbonyl (C=O) groups excluding carboxylic acids is 1. The van der Waals surface area contributed by atoms with E-state index in [1.165, 1.54) is 24.3 Å². The molecule has 0 saturated heterocycles. The van der Waals surface area contributed by atoms with Crippen molar-refractivity contribution in [3.8, 4) is 0 Å². The molecule has 0 radical (unpaired) electrons. The Kier molecular flexibility index (Phi) is 3.66. The van der Waals surface area contributed by atoms with Gasteiger partial charge in [0.15, 0.2) is 0 Å². The van der Waals surface area contributed by atoms with Gasteiger partial charge in [-0.3, -0.25) is 4.79 Å². The highest BCUT2D eigenvalue weighted by Crippen LogP contribution is 2.20. The number of nitrogens with two attached hydrogens (primary N) is 1. The Morgan fingerprint density at radius 2 is 2.11 bits per heavy atom. The van der Waals surface area contributed by atoms with Gasteiger partial charge in [-0.25, -0.2) is 9.37 Å². The molecule has 0 fully saturated rings. The molecule has 0 saturated carbocycles. The third kappa shape index (κ3) is 2.82. The normalized spacial score (nSPS) is 10.3. The standard InChI is InChI=1S/C13H11ClFN3O/c1-7-10(16)5-6-11(17-7)18-13(19)12-8(14)3-2-4-9(12)15/h2-6H,16H2,1H3,(H,17,18,19). The van der Waals surface area contributed by atoms with Gasteiger partial charge in [-0.2, -0.15) is 0 Å². The number of halogens is 2. The van der Waals surface area contributed by atoms with E-state index in [1.807, 2.05) is 0 Å². The maximum atomic E-state index is 13.6. The third-order valence-corrected chi connectivity index (χ3v) is 2.87. The van der Waals surface area contributed by atoms with Crippen molar-refractivity contribution in [3.05, 3.63) is 52.4 Å². The number of rotatable bonds is 2. The van der Waals surface area contributed by atoms with Gasteiger partial charge in [0.05, 0.1) is 22.0 Å². The fourth-order valence-electron chi connectivity index (χ4n) is 1.53. The number of amides is 1. The molecule has 3 N–H and O–H groups in total. The summed E-state index contributed by atoms with van der Waals surface area (Å²) in [5.74, 6) is -1.05. The largest absolute Gasteiger partial charge is 0.397 e. The first-order valence-corrected chi connectivity index (χ1v) is 5.85. The number of benzene rings is 1. The van der Waals surface area contributed by atoms with Crippen LogP contribution in [0.1, 0.15) is 16.1 Å². The Balaban J connectivity index is 2.28. The van der Waals surface area contributed by atoms with Crippen molar-refractivity contribution < 1.29 is 9.18 Å². The van der Waals surface area contributed by atoms with Crippen LogP contribution in [0.3, 0.4) is 0 Å². The summed E-state index contributed by atoms with van der Waals surface area (Å²) >= 11 is 5.81. The highest BCUT2D eigenvalue weighted by molar-refractivity contribution is 6.34. The predicted molar refractivity (Wildman–Crippen MR) is 72.7 cm³/mol. The van der Waals surface area contributed by atoms with Crippen LogP contribution >= 0.6 is 11.6 Å². The van der Waals surface area contributed by atoms with Crippen molar-refractivity contribution in [2.45, 2.75) is 6.92 Å². The summed E-state index contributed by atoms with van der Waals surface area (Å²) < 4.78 is 13.6. The molecule has 4 nitrogen and oxygen atoms in total. The number of aryl methyl sites for hydroxylation is 1. The Morgan fingerprint density at radius 3 is 2.74 bits per heavy atom. The van der Waals surface area contributed by atoms with Crippen LogP contribution in [0.5, 0.6) is 0 Å². The first-order valence-electron chi connectivity index (χ1n) is 5.47. The molecule has 0 spiro atoms. The van der Waals surface area contributed by atoms with Crippen LogP contribution in [-0.2, 0) is 0 Å². The Labute approximate surface area is 114 Å². The second-order valence-electron chi connectivity index (χ2n) is 3.92. The number of nitrogens with zero attached hydrogens (tertiary/aromatic N) is 1. The first-order chi connectivity index (χ1) is 8.99. The van der Waals surface area contributed by atoms with E-state index in [1.54, 1.807) is 13.0 Å². The van der Waals surface area contributed by atoms with Gasteiger partial charge in [-0.05, 0) is 31.2 Å². The van der Waals surface area contributed by atoms with Crippen LogP contribution in [0.15, 0.2) is 30.3 Å². The summed E-state index contributed by atoms with van der Waals surface area (Å²) in [5, 5.41) is 2.52. The predicted octanol–water partition coefficient (Wildman–Crippen LogP) is 3.02. The summed E-state index contributed by atoms with van der Waals surface area (Å²) in [6.45, 7) is 1.71. The number of pyridine rings is 1. The third-order valence-electron chi connectivity index (χ3n) is 2.56. The molecule has 1 heterocycles. The molecule has 0 aliphatic rings. The molecule has 1 aromatic heterocycles. The fraction of sp³-hybridized carbons (Fsp3) is 0.0769. The number of nitrogens with one attached hydrogen (secondary N) is 1. The highest BCUT2D eigenvalue weighted by atomic mass is 35.5. The summed E-state index contributed by atoms with van der Waals surface area (Å²) in [6.07, 6.45) is 0. The number of hydrogen-bond donors (Lipinski definition) is 2. The molecule has 0 unspecified atom stereocenters. The summed E-state index contributed by atoms with van der Waals surface area (Å²) in [4.78, 5) is 16.0. The van der Waals surface area contributed by atoms with E-state index in [0.717, 1.165) is 0 Å². The molecule has 0 atom stereocenters. The molecule has 2 aromatic rings. The van der Waals surface area contributed by atoms with Crippen LogP contribution in [0, 0.1) is 12.7 Å². The SMILES string of the molecule is Cc1nc(NC(=O)c2c(F)cccc2Cl)ccc1N. The quantitative estimate of drug-likeness (QED) is 0.888. The maximum Gasteiger partial charge on any atom is 0.261 e. The zero-order chi connectivity index (χ0) is 14.0. The van der Waals surface area contributed by atoms with Crippen molar-refractivity contribution in [2.24, 2.45) is 0 Å². The van der Waals surface area contributed by atoms with Gasteiger partial charge < -0.3 is 11.1 Å². The van der Waals surface area contributed by atoms with E-state index < -0.39 is 11.7 Å². The van der Waals surface area contributed by atoms with E-state index >= 15 is 0 Å². The molecule has 1 amide bonds.